The van der Waals surface area contributed by atoms with Crippen molar-refractivity contribution in [3.8, 4) is 6.07 Å². The number of hydrogen-bond donors (Lipinski definition) is 0. The molecule has 1 aliphatic heterocycles. The molecule has 32 heavy (non-hydrogen) atoms. The van der Waals surface area contributed by atoms with Crippen LogP contribution in [0.4, 0.5) is 6.01 Å². The summed E-state index contributed by atoms with van der Waals surface area (Å²) in [4.78, 5) is 13.8. The molecule has 162 valence electrons. The second kappa shape index (κ2) is 8.48. The monoisotopic (exact) mass is 426 g/mol. The van der Waals surface area contributed by atoms with Gasteiger partial charge < -0.3 is 13.9 Å². The van der Waals surface area contributed by atoms with Gasteiger partial charge in [-0.1, -0.05) is 24.3 Å². The average Bonchev–Trinajstić information content (AvgIpc) is 3.47. The summed E-state index contributed by atoms with van der Waals surface area (Å²) < 4.78 is 8.28. The van der Waals surface area contributed by atoms with Crippen LogP contribution < -0.4 is 4.90 Å². The molecule has 2 aromatic heterocycles. The minimum absolute atomic E-state index is 0.157. The Hall–Kier alpha value is -3.63. The quantitative estimate of drug-likeness (QED) is 0.478. The Labute approximate surface area is 187 Å². The highest BCUT2D eigenvalue weighted by molar-refractivity contribution is 5.77. The van der Waals surface area contributed by atoms with Crippen LogP contribution in [0.15, 0.2) is 59.4 Å². The Balaban J connectivity index is 1.24. The van der Waals surface area contributed by atoms with Crippen LogP contribution in [-0.4, -0.2) is 45.6 Å². The maximum atomic E-state index is 9.03. The number of aromatic nitrogens is 3. The molecule has 1 atom stereocenters. The lowest BCUT2D eigenvalue weighted by molar-refractivity contribution is 0.239. The molecule has 1 saturated heterocycles. The minimum atomic E-state index is 0.157. The zero-order valence-electron chi connectivity index (χ0n) is 18.4. The van der Waals surface area contributed by atoms with Crippen LogP contribution in [0.3, 0.4) is 0 Å². The number of hydrogen-bond acceptors (Lipinski definition) is 6. The largest absolute Gasteiger partial charge is 0.423 e. The molecule has 0 bridgehead atoms. The zero-order chi connectivity index (χ0) is 22.1. The second-order valence-electron chi connectivity index (χ2n) is 8.38. The summed E-state index contributed by atoms with van der Waals surface area (Å²) in [6.07, 6.45) is 3.85. The molecule has 1 fully saturated rings. The molecule has 0 N–H and O–H groups in total. The highest BCUT2D eigenvalue weighted by Gasteiger charge is 2.23. The van der Waals surface area contributed by atoms with Crippen molar-refractivity contribution in [2.24, 2.45) is 0 Å². The Bertz CT molecular complexity index is 1260. The SMILES string of the molecule is Cc1cccc2nc(N3CCN(Cc4cncn4[C@H](C)c4ccc(C#N)cc4)CC3)oc12. The highest BCUT2D eigenvalue weighted by Crippen LogP contribution is 2.26. The Kier molecular flexibility index (Phi) is 5.38. The molecule has 2 aromatic carbocycles. The normalized spacial score (nSPS) is 15.7. The summed E-state index contributed by atoms with van der Waals surface area (Å²) in [5, 5.41) is 9.03. The molecular formula is C25H26N6O. The molecule has 0 unspecified atom stereocenters. The van der Waals surface area contributed by atoms with Gasteiger partial charge in [0.15, 0.2) is 5.58 Å². The standard InChI is InChI=1S/C25H26N6O/c1-18-4-3-5-23-24(18)32-25(28-23)30-12-10-29(11-13-30)16-22-15-27-17-31(22)19(2)21-8-6-20(14-26)7-9-21/h3-9,15,17,19H,10-13,16H2,1-2H3/t19-/m1/s1. The fraction of sp³-hybridized carbons (Fsp3) is 0.320. The Morgan fingerprint density at radius 3 is 2.59 bits per heavy atom. The van der Waals surface area contributed by atoms with E-state index in [0.29, 0.717) is 11.6 Å². The lowest BCUT2D eigenvalue weighted by Crippen LogP contribution is -2.46. The summed E-state index contributed by atoms with van der Waals surface area (Å²) in [5.41, 5.74) is 5.95. The topological polar surface area (TPSA) is 74.1 Å². The molecule has 7 heteroatoms. The number of nitrogens with zero attached hydrogens (tertiary/aromatic N) is 6. The Morgan fingerprint density at radius 1 is 1.09 bits per heavy atom. The number of aryl methyl sites for hydroxylation is 1. The van der Waals surface area contributed by atoms with Crippen molar-refractivity contribution in [2.45, 2.75) is 26.4 Å². The smallest absolute Gasteiger partial charge is 0.298 e. The first-order valence-electron chi connectivity index (χ1n) is 11.0. The van der Waals surface area contributed by atoms with Crippen molar-refractivity contribution in [1.82, 2.24) is 19.4 Å². The van der Waals surface area contributed by atoms with Gasteiger partial charge in [-0.3, -0.25) is 4.90 Å². The highest BCUT2D eigenvalue weighted by atomic mass is 16.4. The van der Waals surface area contributed by atoms with Crippen LogP contribution in [0, 0.1) is 18.3 Å². The van der Waals surface area contributed by atoms with Gasteiger partial charge in [0, 0.05) is 38.9 Å². The van der Waals surface area contributed by atoms with E-state index in [4.69, 9.17) is 9.68 Å². The number of para-hydroxylation sites is 1. The molecule has 0 saturated carbocycles. The molecular weight excluding hydrogens is 400 g/mol. The van der Waals surface area contributed by atoms with Crippen LogP contribution in [0.5, 0.6) is 0 Å². The Morgan fingerprint density at radius 2 is 1.88 bits per heavy atom. The molecule has 4 aromatic rings. The van der Waals surface area contributed by atoms with Crippen molar-refractivity contribution in [3.63, 3.8) is 0 Å². The first-order valence-corrected chi connectivity index (χ1v) is 11.0. The van der Waals surface area contributed by atoms with Crippen molar-refractivity contribution in [1.29, 1.82) is 5.26 Å². The number of anilines is 1. The van der Waals surface area contributed by atoms with E-state index < -0.39 is 0 Å². The van der Waals surface area contributed by atoms with E-state index in [2.05, 4.69) is 50.3 Å². The van der Waals surface area contributed by atoms with E-state index in [1.165, 1.54) is 11.3 Å². The van der Waals surface area contributed by atoms with E-state index in [-0.39, 0.29) is 6.04 Å². The predicted molar refractivity (Wildman–Crippen MR) is 123 cm³/mol. The summed E-state index contributed by atoms with van der Waals surface area (Å²) in [6, 6.07) is 16.9. The predicted octanol–water partition coefficient (Wildman–Crippen LogP) is 4.14. The van der Waals surface area contributed by atoms with Gasteiger partial charge in [0.05, 0.1) is 29.7 Å². The van der Waals surface area contributed by atoms with E-state index in [1.54, 1.807) is 0 Å². The van der Waals surface area contributed by atoms with Crippen LogP contribution in [0.1, 0.15) is 35.3 Å². The van der Waals surface area contributed by atoms with Gasteiger partial charge in [0.1, 0.15) is 5.52 Å². The first kappa shape index (κ1) is 20.3. The molecule has 1 aliphatic rings. The maximum absolute atomic E-state index is 9.03. The molecule has 5 rings (SSSR count). The van der Waals surface area contributed by atoms with Crippen LogP contribution >= 0.6 is 0 Å². The van der Waals surface area contributed by atoms with Crippen LogP contribution in [0.25, 0.3) is 11.1 Å². The number of nitriles is 1. The summed E-state index contributed by atoms with van der Waals surface area (Å²) in [5.74, 6) is 0. The molecule has 0 spiro atoms. The molecule has 3 heterocycles. The van der Waals surface area contributed by atoms with E-state index in [1.807, 2.05) is 48.9 Å². The van der Waals surface area contributed by atoms with Crippen molar-refractivity contribution >= 4 is 17.1 Å². The van der Waals surface area contributed by atoms with E-state index in [0.717, 1.165) is 49.4 Å². The van der Waals surface area contributed by atoms with Crippen molar-refractivity contribution in [2.75, 3.05) is 31.1 Å². The third kappa shape index (κ3) is 3.85. The van der Waals surface area contributed by atoms with Crippen molar-refractivity contribution in [3.05, 3.63) is 77.4 Å². The summed E-state index contributed by atoms with van der Waals surface area (Å²) in [6.45, 7) is 8.71. The minimum Gasteiger partial charge on any atom is -0.423 e. The third-order valence-electron chi connectivity index (χ3n) is 6.31. The zero-order valence-corrected chi connectivity index (χ0v) is 18.4. The first-order chi connectivity index (χ1) is 15.6. The molecule has 7 nitrogen and oxygen atoms in total. The fourth-order valence-corrected chi connectivity index (χ4v) is 4.34. The maximum Gasteiger partial charge on any atom is 0.298 e. The number of benzene rings is 2. The van der Waals surface area contributed by atoms with E-state index in [9.17, 15) is 0 Å². The number of oxazole rings is 1. The van der Waals surface area contributed by atoms with Gasteiger partial charge in [-0.15, -0.1) is 0 Å². The van der Waals surface area contributed by atoms with Gasteiger partial charge in [-0.05, 0) is 43.2 Å². The molecule has 0 aliphatic carbocycles. The van der Waals surface area contributed by atoms with Crippen LogP contribution in [-0.2, 0) is 6.54 Å². The molecule has 0 amide bonds. The molecule has 0 radical (unpaired) electrons. The lowest BCUT2D eigenvalue weighted by Gasteiger charge is -2.34. The average molecular weight is 427 g/mol. The number of imidazole rings is 1. The second-order valence-corrected chi connectivity index (χ2v) is 8.38. The van der Waals surface area contributed by atoms with Crippen LogP contribution in [0.2, 0.25) is 0 Å². The lowest BCUT2D eigenvalue weighted by atomic mass is 10.1. The van der Waals surface area contributed by atoms with Gasteiger partial charge >= 0.3 is 0 Å². The summed E-state index contributed by atoms with van der Waals surface area (Å²) in [7, 11) is 0. The number of fused-ring (bicyclic) bond motifs is 1. The van der Waals surface area contributed by atoms with Gasteiger partial charge in [-0.2, -0.15) is 10.2 Å². The van der Waals surface area contributed by atoms with Gasteiger partial charge in [-0.25, -0.2) is 4.98 Å². The number of piperazine rings is 1. The van der Waals surface area contributed by atoms with Crippen molar-refractivity contribution < 1.29 is 4.42 Å². The fourth-order valence-electron chi connectivity index (χ4n) is 4.34. The van der Waals surface area contributed by atoms with E-state index >= 15 is 0 Å². The van der Waals surface area contributed by atoms with Gasteiger partial charge in [0.2, 0.25) is 0 Å². The third-order valence-corrected chi connectivity index (χ3v) is 6.31. The van der Waals surface area contributed by atoms with Gasteiger partial charge in [0.25, 0.3) is 6.01 Å². The summed E-state index contributed by atoms with van der Waals surface area (Å²) >= 11 is 0. The number of rotatable bonds is 5.